The van der Waals surface area contributed by atoms with E-state index in [0.717, 1.165) is 25.7 Å². The summed E-state index contributed by atoms with van der Waals surface area (Å²) >= 11 is 0. The molecule has 1 saturated heterocycles. The molecule has 1 rings (SSSR count). The summed E-state index contributed by atoms with van der Waals surface area (Å²) in [6.07, 6.45) is 8.50. The third-order valence-corrected chi connectivity index (χ3v) is 7.04. The van der Waals surface area contributed by atoms with Crippen molar-refractivity contribution >= 4 is 17.7 Å². The fourth-order valence-electron chi connectivity index (χ4n) is 5.10. The molecule has 0 spiro atoms. The quantitative estimate of drug-likeness (QED) is 0.360. The van der Waals surface area contributed by atoms with E-state index in [0.29, 0.717) is 32.5 Å². The van der Waals surface area contributed by atoms with Crippen LogP contribution >= 0.6 is 0 Å². The molecule has 3 amide bonds. The van der Waals surface area contributed by atoms with Gasteiger partial charge in [-0.15, -0.1) is 0 Å². The number of carbonyl (C=O) groups excluding carboxylic acids is 3. The molecule has 34 heavy (non-hydrogen) atoms. The third kappa shape index (κ3) is 10.8. The van der Waals surface area contributed by atoms with Gasteiger partial charge >= 0.3 is 0 Å². The Morgan fingerprint density at radius 3 is 2.21 bits per heavy atom. The first-order valence-electron chi connectivity index (χ1n) is 13.8. The number of rotatable bonds is 13. The first kappa shape index (κ1) is 30.4. The molecular weight excluding hydrogens is 426 g/mol. The molecule has 4 unspecified atom stereocenters. The van der Waals surface area contributed by atoms with Gasteiger partial charge < -0.3 is 15.1 Å². The molecule has 6 heteroatoms. The second-order valence-electron chi connectivity index (χ2n) is 11.9. The minimum Gasteiger partial charge on any atom is -0.344 e. The molecule has 0 radical (unpaired) electrons. The molecule has 0 saturated carbocycles. The highest BCUT2D eigenvalue weighted by atomic mass is 16.2. The molecule has 0 bridgehead atoms. The molecule has 0 aromatic rings. The van der Waals surface area contributed by atoms with Crippen molar-refractivity contribution in [2.24, 2.45) is 17.3 Å². The Kier molecular flexibility index (Phi) is 13.2. The van der Waals surface area contributed by atoms with Gasteiger partial charge in [0.05, 0.1) is 0 Å². The molecule has 0 aromatic heterocycles. The van der Waals surface area contributed by atoms with Crippen LogP contribution in [-0.2, 0) is 14.4 Å². The first-order chi connectivity index (χ1) is 15.9. The number of carbonyl (C=O) groups is 3. The van der Waals surface area contributed by atoms with Crippen molar-refractivity contribution < 1.29 is 14.4 Å². The van der Waals surface area contributed by atoms with E-state index in [1.807, 2.05) is 23.6 Å². The van der Waals surface area contributed by atoms with Crippen LogP contribution in [0, 0.1) is 17.3 Å². The van der Waals surface area contributed by atoms with E-state index in [9.17, 15) is 14.4 Å². The summed E-state index contributed by atoms with van der Waals surface area (Å²) in [6, 6.07) is -0.506. The van der Waals surface area contributed by atoms with Crippen molar-refractivity contribution in [3.8, 4) is 0 Å². The van der Waals surface area contributed by atoms with Crippen LogP contribution < -0.4 is 5.32 Å². The van der Waals surface area contributed by atoms with E-state index in [1.54, 1.807) is 0 Å². The molecule has 1 aliphatic rings. The Labute approximate surface area is 209 Å². The van der Waals surface area contributed by atoms with E-state index in [4.69, 9.17) is 0 Å². The number of unbranched alkanes of at least 4 members (excludes halogenated alkanes) is 4. The second kappa shape index (κ2) is 14.7. The molecule has 6 nitrogen and oxygen atoms in total. The highest BCUT2D eigenvalue weighted by Crippen LogP contribution is 2.26. The highest BCUT2D eigenvalue weighted by molar-refractivity contribution is 5.88. The lowest BCUT2D eigenvalue weighted by molar-refractivity contribution is -0.145. The Morgan fingerprint density at radius 1 is 1.00 bits per heavy atom. The van der Waals surface area contributed by atoms with Crippen molar-refractivity contribution in [3.05, 3.63) is 0 Å². The maximum Gasteiger partial charge on any atom is 0.245 e. The third-order valence-electron chi connectivity index (χ3n) is 7.04. The predicted octanol–water partition coefficient (Wildman–Crippen LogP) is 5.40. The standard InChI is InChI=1S/C28H53N3O3/c1-9-11-12-13-14-15-25(33)31-17-16-30(20-23(31)5)27(34)26(22(4)10-2)29-24(32)18-21(3)19-28(6,7)8/h21-23,26H,9-20H2,1-8H3,(H,29,32). The van der Waals surface area contributed by atoms with Gasteiger partial charge in [0.15, 0.2) is 0 Å². The van der Waals surface area contributed by atoms with Gasteiger partial charge in [-0.25, -0.2) is 0 Å². The molecule has 1 fully saturated rings. The Bertz CT molecular complexity index is 643. The van der Waals surface area contributed by atoms with Crippen molar-refractivity contribution in [1.82, 2.24) is 15.1 Å². The zero-order valence-corrected chi connectivity index (χ0v) is 23.4. The van der Waals surface area contributed by atoms with Crippen LogP contribution in [0.4, 0.5) is 0 Å². The molecule has 0 aromatic carbocycles. The maximum absolute atomic E-state index is 13.5. The summed E-state index contributed by atoms with van der Waals surface area (Å²) < 4.78 is 0. The van der Waals surface area contributed by atoms with Crippen LogP contribution in [0.2, 0.25) is 0 Å². The van der Waals surface area contributed by atoms with Gasteiger partial charge in [-0.3, -0.25) is 14.4 Å². The number of nitrogens with zero attached hydrogens (tertiary/aromatic N) is 2. The van der Waals surface area contributed by atoms with E-state index in [-0.39, 0.29) is 41.0 Å². The molecule has 1 heterocycles. The number of piperazine rings is 1. The maximum atomic E-state index is 13.5. The SMILES string of the molecule is CCCCCCCC(=O)N1CCN(C(=O)C(NC(=O)CC(C)CC(C)(C)C)C(C)CC)CC1C. The largest absolute Gasteiger partial charge is 0.344 e. The number of nitrogens with one attached hydrogen (secondary N) is 1. The molecule has 1 N–H and O–H groups in total. The molecular formula is C28H53N3O3. The monoisotopic (exact) mass is 479 g/mol. The first-order valence-corrected chi connectivity index (χ1v) is 13.8. The van der Waals surface area contributed by atoms with E-state index in [1.165, 1.54) is 19.3 Å². The van der Waals surface area contributed by atoms with Crippen molar-refractivity contribution in [1.29, 1.82) is 0 Å². The van der Waals surface area contributed by atoms with Crippen LogP contribution in [0.15, 0.2) is 0 Å². The fraction of sp³-hybridized carbons (Fsp3) is 0.893. The van der Waals surface area contributed by atoms with Gasteiger partial charge in [-0.2, -0.15) is 0 Å². The van der Waals surface area contributed by atoms with Crippen molar-refractivity contribution in [3.63, 3.8) is 0 Å². The molecule has 198 valence electrons. The van der Waals surface area contributed by atoms with Crippen LogP contribution in [0.3, 0.4) is 0 Å². The Hall–Kier alpha value is -1.59. The summed E-state index contributed by atoms with van der Waals surface area (Å²) in [5.41, 5.74) is 0.175. The number of amides is 3. The molecule has 4 atom stereocenters. The number of hydrogen-bond acceptors (Lipinski definition) is 3. The summed E-state index contributed by atoms with van der Waals surface area (Å²) in [6.45, 7) is 18.6. The van der Waals surface area contributed by atoms with Crippen LogP contribution in [0.5, 0.6) is 0 Å². The van der Waals surface area contributed by atoms with Gasteiger partial charge in [0.2, 0.25) is 17.7 Å². The summed E-state index contributed by atoms with van der Waals surface area (Å²) in [5, 5.41) is 3.06. The Morgan fingerprint density at radius 2 is 1.65 bits per heavy atom. The van der Waals surface area contributed by atoms with E-state index in [2.05, 4.69) is 46.9 Å². The Balaban J connectivity index is 2.66. The minimum absolute atomic E-state index is 0.000865. The van der Waals surface area contributed by atoms with Crippen LogP contribution in [0.1, 0.15) is 113 Å². The summed E-state index contributed by atoms with van der Waals surface area (Å²) in [4.78, 5) is 42.8. The zero-order valence-electron chi connectivity index (χ0n) is 23.4. The van der Waals surface area contributed by atoms with E-state index >= 15 is 0 Å². The minimum atomic E-state index is -0.507. The van der Waals surface area contributed by atoms with Gasteiger partial charge in [0.25, 0.3) is 0 Å². The zero-order chi connectivity index (χ0) is 25.9. The smallest absolute Gasteiger partial charge is 0.245 e. The summed E-state index contributed by atoms with van der Waals surface area (Å²) in [5.74, 6) is 0.484. The topological polar surface area (TPSA) is 69.7 Å². The molecule has 0 aliphatic carbocycles. The van der Waals surface area contributed by atoms with Gasteiger partial charge in [-0.05, 0) is 37.0 Å². The van der Waals surface area contributed by atoms with Crippen LogP contribution in [-0.4, -0.2) is 59.2 Å². The van der Waals surface area contributed by atoms with Gasteiger partial charge in [-0.1, -0.05) is 80.6 Å². The lowest BCUT2D eigenvalue weighted by Gasteiger charge is -2.41. The van der Waals surface area contributed by atoms with Crippen molar-refractivity contribution in [2.75, 3.05) is 19.6 Å². The fourth-order valence-corrected chi connectivity index (χ4v) is 5.10. The lowest BCUT2D eigenvalue weighted by atomic mass is 9.84. The van der Waals surface area contributed by atoms with Crippen LogP contribution in [0.25, 0.3) is 0 Å². The summed E-state index contributed by atoms with van der Waals surface area (Å²) in [7, 11) is 0. The highest BCUT2D eigenvalue weighted by Gasteiger charge is 2.35. The van der Waals surface area contributed by atoms with E-state index < -0.39 is 6.04 Å². The van der Waals surface area contributed by atoms with Gasteiger partial charge in [0.1, 0.15) is 6.04 Å². The predicted molar refractivity (Wildman–Crippen MR) is 140 cm³/mol. The van der Waals surface area contributed by atoms with Crippen molar-refractivity contribution in [2.45, 2.75) is 125 Å². The molecule has 1 aliphatic heterocycles. The number of hydrogen-bond donors (Lipinski definition) is 1. The average molecular weight is 480 g/mol. The lowest BCUT2D eigenvalue weighted by Crippen LogP contribution is -2.60. The average Bonchev–Trinajstić information content (AvgIpc) is 2.74. The second-order valence-corrected chi connectivity index (χ2v) is 11.9. The normalized spacial score (nSPS) is 19.5. The van der Waals surface area contributed by atoms with Gasteiger partial charge in [0, 0.05) is 38.5 Å².